The van der Waals surface area contributed by atoms with Crippen LogP contribution in [0.5, 0.6) is 0 Å². The molecule has 12 heteroatoms. The Morgan fingerprint density at radius 3 is 1.29 bits per heavy atom. The van der Waals surface area contributed by atoms with E-state index in [0.717, 1.165) is 0 Å². The molecule has 0 atom stereocenters. The van der Waals surface area contributed by atoms with Crippen molar-refractivity contribution in [2.24, 2.45) is 5.41 Å². The summed E-state index contributed by atoms with van der Waals surface area (Å²) in [6, 6.07) is 0. The summed E-state index contributed by atoms with van der Waals surface area (Å²) < 4.78 is 0. The van der Waals surface area contributed by atoms with E-state index < -0.39 is 29.1 Å². The minimum absolute atomic E-state index is 0. The number of aliphatic carboxylic acids is 3. The van der Waals surface area contributed by atoms with Crippen molar-refractivity contribution >= 4 is 39.6 Å². The number of rotatable bonds is 4. The van der Waals surface area contributed by atoms with Gasteiger partial charge in [-0.15, -0.1) is 0 Å². The molecule has 0 aromatic carbocycles. The summed E-state index contributed by atoms with van der Waals surface area (Å²) in [5, 5.41) is 24.6. The predicted octanol–water partition coefficient (Wildman–Crippen LogP) is 0.968. The second kappa shape index (κ2) is 14.1. The standard InChI is InChI=1S/C6H8O4.C3H3BrO3.2H2N.H2O.Pt/c7-4(8)6(5(9)10)2-1-3-6;4-1-2(5)3(6)7;;;;/h1-3H2,(H,7,8)(H,9,10);1H2,(H,6,7);3*1H2;/q;;2*-1;;+2. The molecule has 0 radical (unpaired) electrons. The van der Waals surface area contributed by atoms with Gasteiger partial charge >= 0.3 is 39.0 Å². The van der Waals surface area contributed by atoms with E-state index in [1.807, 2.05) is 0 Å². The average molecular weight is 556 g/mol. The first-order chi connectivity index (χ1) is 7.77. The molecule has 1 rings (SSSR count). The zero-order valence-corrected chi connectivity index (χ0v) is 14.5. The topological polar surface area (TPSA) is 227 Å². The number of ketones is 1. The number of nitrogens with two attached hydrogens (primary N) is 2. The maximum Gasteiger partial charge on any atom is 2.00 e. The van der Waals surface area contributed by atoms with E-state index in [2.05, 4.69) is 15.9 Å². The van der Waals surface area contributed by atoms with Crippen LogP contribution < -0.4 is 0 Å². The molecule has 1 fully saturated rings. The molecule has 0 unspecified atom stereocenters. The molecular weight excluding hydrogens is 539 g/mol. The van der Waals surface area contributed by atoms with Crippen LogP contribution in [-0.2, 0) is 40.2 Å². The number of hydrogen-bond acceptors (Lipinski definition) is 4. The minimum Gasteiger partial charge on any atom is -0.693 e. The summed E-state index contributed by atoms with van der Waals surface area (Å²) in [7, 11) is 0. The largest absolute Gasteiger partial charge is 2.00 e. The maximum atomic E-state index is 10.4. The van der Waals surface area contributed by atoms with Crippen LogP contribution in [0, 0.1) is 5.41 Å². The molecule has 0 bridgehead atoms. The van der Waals surface area contributed by atoms with E-state index in [4.69, 9.17) is 15.3 Å². The van der Waals surface area contributed by atoms with E-state index in [1.54, 1.807) is 0 Å². The van der Waals surface area contributed by atoms with Gasteiger partial charge in [-0.3, -0.25) is 14.4 Å². The van der Waals surface area contributed by atoms with Crippen LogP contribution in [0.25, 0.3) is 12.3 Å². The van der Waals surface area contributed by atoms with Gasteiger partial charge in [-0.1, -0.05) is 15.9 Å². The van der Waals surface area contributed by atoms with Crippen molar-refractivity contribution in [3.05, 3.63) is 12.3 Å². The summed E-state index contributed by atoms with van der Waals surface area (Å²) in [5.41, 5.74) is -1.44. The van der Waals surface area contributed by atoms with Gasteiger partial charge in [0.2, 0.25) is 5.78 Å². The Morgan fingerprint density at radius 1 is 0.952 bits per heavy atom. The van der Waals surface area contributed by atoms with Crippen LogP contribution in [0.2, 0.25) is 0 Å². The molecule has 0 saturated heterocycles. The quantitative estimate of drug-likeness (QED) is 0.258. The summed E-state index contributed by atoms with van der Waals surface area (Å²) >= 11 is 2.68. The number of halogens is 1. The SMILES string of the molecule is O.O=C(O)C(=O)CBr.O=C(O)C1(C(=O)O)CCC1.[NH2-].[NH2-].[Pt+2]. The molecule has 128 valence electrons. The third kappa shape index (κ3) is 8.89. The van der Waals surface area contributed by atoms with Crippen molar-refractivity contribution in [3.8, 4) is 0 Å². The summed E-state index contributed by atoms with van der Waals surface area (Å²) in [6.07, 6.45) is 1.26. The molecule has 1 saturated carbocycles. The first-order valence-corrected chi connectivity index (χ1v) is 5.69. The zero-order chi connectivity index (χ0) is 13.6. The van der Waals surface area contributed by atoms with E-state index in [0.29, 0.717) is 6.42 Å². The number of carboxylic acid groups (broad SMARTS) is 3. The van der Waals surface area contributed by atoms with Gasteiger partial charge in [-0.05, 0) is 19.3 Å². The molecule has 0 aromatic rings. The van der Waals surface area contributed by atoms with Gasteiger partial charge in [0.05, 0.1) is 5.33 Å². The number of carbonyl (C=O) groups excluding carboxylic acids is 1. The van der Waals surface area contributed by atoms with E-state index in [1.165, 1.54) is 0 Å². The van der Waals surface area contributed by atoms with Gasteiger partial charge < -0.3 is 33.1 Å². The van der Waals surface area contributed by atoms with Crippen LogP contribution in [0.3, 0.4) is 0 Å². The number of alkyl halides is 1. The van der Waals surface area contributed by atoms with Gasteiger partial charge in [0.15, 0.2) is 5.41 Å². The van der Waals surface area contributed by atoms with Crippen molar-refractivity contribution in [1.29, 1.82) is 0 Å². The fourth-order valence-electron chi connectivity index (χ4n) is 1.11. The molecule has 1 aliphatic rings. The van der Waals surface area contributed by atoms with Crippen molar-refractivity contribution in [1.82, 2.24) is 0 Å². The Labute approximate surface area is 143 Å². The summed E-state index contributed by atoms with van der Waals surface area (Å²) in [5.74, 6) is -4.62. The Balaban J connectivity index is -0.0000000713. The normalized spacial score (nSPS) is 12.8. The molecule has 10 nitrogen and oxygen atoms in total. The second-order valence-electron chi connectivity index (χ2n) is 3.41. The van der Waals surface area contributed by atoms with Gasteiger partial charge in [0, 0.05) is 0 Å². The van der Waals surface area contributed by atoms with Crippen LogP contribution in [0.15, 0.2) is 0 Å². The third-order valence-electron chi connectivity index (χ3n) is 2.39. The number of hydrogen-bond donors (Lipinski definition) is 3. The Morgan fingerprint density at radius 2 is 1.29 bits per heavy atom. The molecule has 0 spiro atoms. The van der Waals surface area contributed by atoms with Crippen LogP contribution in [0.4, 0.5) is 0 Å². The molecule has 0 aliphatic heterocycles. The molecule has 0 heterocycles. The monoisotopic (exact) mass is 555 g/mol. The van der Waals surface area contributed by atoms with E-state index in [-0.39, 0.29) is 57.0 Å². The second-order valence-corrected chi connectivity index (χ2v) is 3.97. The molecule has 9 N–H and O–H groups in total. The van der Waals surface area contributed by atoms with Gasteiger partial charge in [-0.25, -0.2) is 4.79 Å². The molecule has 1 aliphatic carbocycles. The Bertz CT molecular complexity index is 346. The van der Waals surface area contributed by atoms with Crippen LogP contribution in [0.1, 0.15) is 19.3 Å². The van der Waals surface area contributed by atoms with Crippen molar-refractivity contribution in [2.75, 3.05) is 5.33 Å². The predicted molar refractivity (Wildman–Crippen MR) is 72.2 cm³/mol. The molecule has 0 aromatic heterocycles. The third-order valence-corrected chi connectivity index (χ3v) is 2.90. The van der Waals surface area contributed by atoms with Gasteiger partial charge in [0.25, 0.3) is 0 Å². The smallest absolute Gasteiger partial charge is 0.693 e. The number of carboxylic acids is 3. The Hall–Kier alpha value is -0.872. The Kier molecular flexibility index (Phi) is 21.6. The fourth-order valence-corrected chi connectivity index (χ4v) is 1.35. The van der Waals surface area contributed by atoms with Crippen LogP contribution >= 0.6 is 15.9 Å². The fraction of sp³-hybridized carbons (Fsp3) is 0.556. The average Bonchev–Trinajstić information content (AvgIpc) is 2.14. The van der Waals surface area contributed by atoms with E-state index >= 15 is 0 Å². The van der Waals surface area contributed by atoms with Crippen molar-refractivity contribution < 1.29 is 61.0 Å². The maximum absolute atomic E-state index is 10.4. The van der Waals surface area contributed by atoms with E-state index in [9.17, 15) is 19.2 Å². The molecule has 0 amide bonds. The van der Waals surface area contributed by atoms with Crippen molar-refractivity contribution in [2.45, 2.75) is 19.3 Å². The van der Waals surface area contributed by atoms with Crippen molar-refractivity contribution in [3.63, 3.8) is 0 Å². The number of Topliss-reactive ketones (excluding diaryl/α,β-unsaturated/α-hetero) is 1. The van der Waals surface area contributed by atoms with Gasteiger partial charge in [-0.2, -0.15) is 0 Å². The molecule has 21 heavy (non-hydrogen) atoms. The number of carbonyl (C=O) groups is 4. The summed E-state index contributed by atoms with van der Waals surface area (Å²) in [4.78, 5) is 40.1. The van der Waals surface area contributed by atoms with Crippen LogP contribution in [-0.4, -0.2) is 49.8 Å². The molecular formula is C9H17BrN2O8Pt. The first kappa shape index (κ1) is 32.2. The first-order valence-electron chi connectivity index (χ1n) is 4.57. The van der Waals surface area contributed by atoms with Gasteiger partial charge in [0.1, 0.15) is 0 Å². The summed E-state index contributed by atoms with van der Waals surface area (Å²) in [6.45, 7) is 0. The zero-order valence-electron chi connectivity index (χ0n) is 10.7. The minimum atomic E-state index is -1.44.